The van der Waals surface area contributed by atoms with Crippen molar-refractivity contribution in [1.29, 1.82) is 0 Å². The van der Waals surface area contributed by atoms with Crippen molar-refractivity contribution in [2.75, 3.05) is 34.8 Å². The molecule has 1 saturated carbocycles. The van der Waals surface area contributed by atoms with E-state index in [0.29, 0.717) is 55.5 Å². The summed E-state index contributed by atoms with van der Waals surface area (Å²) in [5.41, 5.74) is 2.85. The van der Waals surface area contributed by atoms with Crippen molar-refractivity contribution in [2.45, 2.75) is 31.3 Å². The predicted octanol–water partition coefficient (Wildman–Crippen LogP) is 3.26. The van der Waals surface area contributed by atoms with Crippen molar-refractivity contribution in [3.05, 3.63) is 54.9 Å². The van der Waals surface area contributed by atoms with Gasteiger partial charge in [-0.1, -0.05) is 12.1 Å². The number of hydrogen-bond acceptors (Lipinski definition) is 7. The number of amides is 2. The molecule has 2 fully saturated rings. The Bertz CT molecular complexity index is 1290. The maximum atomic E-state index is 12.7. The number of nitrogens with zero attached hydrogens (tertiary/aromatic N) is 4. The van der Waals surface area contributed by atoms with Crippen molar-refractivity contribution in [2.24, 2.45) is 0 Å². The Kier molecular flexibility index (Phi) is 5.14. The number of carbonyl (C=O) groups excluding carboxylic acids is 2. The Morgan fingerprint density at radius 3 is 2.51 bits per heavy atom. The first-order chi connectivity index (χ1) is 17.0. The highest BCUT2D eigenvalue weighted by molar-refractivity contribution is 6.02. The van der Waals surface area contributed by atoms with Crippen molar-refractivity contribution < 1.29 is 19.4 Å². The van der Waals surface area contributed by atoms with E-state index in [9.17, 15) is 14.7 Å². The minimum absolute atomic E-state index is 0.175. The molecule has 0 unspecified atom stereocenters. The number of pyridine rings is 2. The molecule has 9 nitrogen and oxygen atoms in total. The average molecular weight is 472 g/mol. The second kappa shape index (κ2) is 8.35. The van der Waals surface area contributed by atoms with E-state index < -0.39 is 5.60 Å². The lowest BCUT2D eigenvalue weighted by Crippen LogP contribution is -2.45. The van der Waals surface area contributed by atoms with Crippen LogP contribution in [0, 0.1) is 0 Å². The monoisotopic (exact) mass is 471 g/mol. The normalized spacial score (nSPS) is 18.1. The lowest BCUT2D eigenvalue weighted by molar-refractivity contribution is -0.128. The molecule has 3 aromatic rings. The van der Waals surface area contributed by atoms with Gasteiger partial charge in [0.2, 0.25) is 11.8 Å². The van der Waals surface area contributed by atoms with Crippen LogP contribution in [0.1, 0.15) is 25.7 Å². The fourth-order valence-electron chi connectivity index (χ4n) is 4.50. The van der Waals surface area contributed by atoms with Crippen molar-refractivity contribution in [3.8, 4) is 17.0 Å². The minimum atomic E-state index is -1.25. The van der Waals surface area contributed by atoms with E-state index >= 15 is 0 Å². The summed E-state index contributed by atoms with van der Waals surface area (Å²) in [6.45, 7) is 1.49. The number of rotatable bonds is 5. The smallest absolute Gasteiger partial charge is 0.259 e. The number of carbonyl (C=O) groups is 2. The topological polar surface area (TPSA) is 108 Å². The second-order valence-corrected chi connectivity index (χ2v) is 9.14. The van der Waals surface area contributed by atoms with Crippen LogP contribution < -0.4 is 19.9 Å². The van der Waals surface area contributed by atoms with Crippen LogP contribution in [0.3, 0.4) is 0 Å². The van der Waals surface area contributed by atoms with E-state index in [1.807, 2.05) is 41.3 Å². The van der Waals surface area contributed by atoms with E-state index in [1.54, 1.807) is 23.4 Å². The molecular formula is C26H25N5O4. The lowest BCUT2D eigenvalue weighted by atomic mass is 10.1. The molecule has 0 radical (unpaired) electrons. The average Bonchev–Trinajstić information content (AvgIpc) is 3.50. The lowest BCUT2D eigenvalue weighted by Gasteiger charge is -2.30. The molecule has 2 N–H and O–H groups in total. The van der Waals surface area contributed by atoms with E-state index in [0.717, 1.165) is 29.8 Å². The fraction of sp³-hybridized carbons (Fsp3) is 0.308. The largest absolute Gasteiger partial charge is 0.474 e. The van der Waals surface area contributed by atoms with Crippen LogP contribution in [0.2, 0.25) is 0 Å². The molecule has 0 atom stereocenters. The highest BCUT2D eigenvalue weighted by Crippen LogP contribution is 2.41. The van der Waals surface area contributed by atoms with Gasteiger partial charge >= 0.3 is 0 Å². The molecule has 1 aromatic carbocycles. The van der Waals surface area contributed by atoms with Crippen molar-refractivity contribution >= 4 is 34.7 Å². The number of fused-ring (bicyclic) bond motifs is 1. The molecule has 0 spiro atoms. The van der Waals surface area contributed by atoms with Gasteiger partial charge in [0.25, 0.3) is 5.91 Å². The number of anilines is 4. The number of ether oxygens (including phenoxy) is 1. The molecule has 4 heterocycles. The Balaban J connectivity index is 1.17. The van der Waals surface area contributed by atoms with E-state index in [2.05, 4.69) is 15.3 Å². The maximum Gasteiger partial charge on any atom is 0.259 e. The number of benzene rings is 1. The summed E-state index contributed by atoms with van der Waals surface area (Å²) in [5.74, 6) is 0.879. The third-order valence-electron chi connectivity index (χ3n) is 6.67. The van der Waals surface area contributed by atoms with Gasteiger partial charge < -0.3 is 25.0 Å². The molecular weight excluding hydrogens is 446 g/mol. The van der Waals surface area contributed by atoms with E-state index in [4.69, 9.17) is 4.74 Å². The Hall–Kier alpha value is -3.98. The standard InChI is InChI=1S/C26H25N5O4/c32-23-2-1-11-30(23)20-6-3-17(4-7-20)18-5-8-22(27-15-18)29-19-14-21-24(28-16-19)35-13-12-31(21)25(33)26(34)9-10-26/h3-8,14-16,34H,1-2,9-13H2,(H,27,29). The SMILES string of the molecule is O=C1CCCN1c1ccc(-c2ccc(Nc3cnc4c(c3)N(C(=O)C3(O)CC3)CCO4)nc2)cc1. The zero-order valence-electron chi connectivity index (χ0n) is 19.1. The highest BCUT2D eigenvalue weighted by atomic mass is 16.5. The zero-order chi connectivity index (χ0) is 24.0. The molecule has 9 heteroatoms. The van der Waals surface area contributed by atoms with Crippen molar-refractivity contribution in [1.82, 2.24) is 9.97 Å². The number of aliphatic hydroxyl groups is 1. The summed E-state index contributed by atoms with van der Waals surface area (Å²) in [5, 5.41) is 13.5. The van der Waals surface area contributed by atoms with Gasteiger partial charge in [-0.2, -0.15) is 0 Å². The molecule has 2 aromatic heterocycles. The minimum Gasteiger partial charge on any atom is -0.474 e. The molecule has 3 aliphatic rings. The number of hydrogen-bond donors (Lipinski definition) is 2. The van der Waals surface area contributed by atoms with Crippen LogP contribution in [0.5, 0.6) is 5.88 Å². The van der Waals surface area contributed by atoms with E-state index in [-0.39, 0.29) is 11.8 Å². The first-order valence-electron chi connectivity index (χ1n) is 11.8. The Labute approximate surface area is 202 Å². The molecule has 1 aliphatic carbocycles. The molecule has 6 rings (SSSR count). The van der Waals surface area contributed by atoms with E-state index in [1.165, 1.54) is 0 Å². The van der Waals surface area contributed by atoms with Gasteiger partial charge in [-0.05, 0) is 55.2 Å². The molecule has 0 bridgehead atoms. The number of nitrogens with one attached hydrogen (secondary N) is 1. The Morgan fingerprint density at radius 1 is 1.03 bits per heavy atom. The number of aromatic nitrogens is 2. The molecule has 2 amide bonds. The van der Waals surface area contributed by atoms with Gasteiger partial charge in [0.05, 0.1) is 18.4 Å². The molecule has 35 heavy (non-hydrogen) atoms. The van der Waals surface area contributed by atoms with Crippen LogP contribution in [0.25, 0.3) is 11.1 Å². The quantitative estimate of drug-likeness (QED) is 0.588. The van der Waals surface area contributed by atoms with Gasteiger partial charge in [0.15, 0.2) is 0 Å². The van der Waals surface area contributed by atoms with Crippen LogP contribution in [-0.4, -0.2) is 52.2 Å². The molecule has 178 valence electrons. The second-order valence-electron chi connectivity index (χ2n) is 9.14. The first-order valence-corrected chi connectivity index (χ1v) is 11.8. The van der Waals surface area contributed by atoms with Crippen LogP contribution >= 0.6 is 0 Å². The van der Waals surface area contributed by atoms with Gasteiger partial charge in [-0.25, -0.2) is 9.97 Å². The van der Waals surface area contributed by atoms with Crippen LogP contribution in [-0.2, 0) is 9.59 Å². The fourth-order valence-corrected chi connectivity index (χ4v) is 4.50. The van der Waals surface area contributed by atoms with Crippen LogP contribution in [0.15, 0.2) is 54.9 Å². The summed E-state index contributed by atoms with van der Waals surface area (Å²) in [7, 11) is 0. The first kappa shape index (κ1) is 21.5. The van der Waals surface area contributed by atoms with Gasteiger partial charge in [0.1, 0.15) is 23.7 Å². The third kappa shape index (κ3) is 4.08. The zero-order valence-corrected chi connectivity index (χ0v) is 19.1. The molecule has 1 saturated heterocycles. The van der Waals surface area contributed by atoms with Crippen molar-refractivity contribution in [3.63, 3.8) is 0 Å². The maximum absolute atomic E-state index is 12.7. The molecule has 2 aliphatic heterocycles. The Morgan fingerprint density at radius 2 is 1.83 bits per heavy atom. The summed E-state index contributed by atoms with van der Waals surface area (Å²) < 4.78 is 5.60. The van der Waals surface area contributed by atoms with Gasteiger partial charge in [-0.3, -0.25) is 9.59 Å². The van der Waals surface area contributed by atoms with Crippen LogP contribution in [0.4, 0.5) is 22.9 Å². The summed E-state index contributed by atoms with van der Waals surface area (Å²) in [6.07, 6.45) is 5.91. The summed E-state index contributed by atoms with van der Waals surface area (Å²) in [6, 6.07) is 13.6. The van der Waals surface area contributed by atoms with Gasteiger partial charge in [0, 0.05) is 30.4 Å². The highest BCUT2D eigenvalue weighted by Gasteiger charge is 2.51. The predicted molar refractivity (Wildman–Crippen MR) is 131 cm³/mol. The summed E-state index contributed by atoms with van der Waals surface area (Å²) >= 11 is 0. The third-order valence-corrected chi connectivity index (χ3v) is 6.67. The van der Waals surface area contributed by atoms with Gasteiger partial charge in [-0.15, -0.1) is 0 Å². The summed E-state index contributed by atoms with van der Waals surface area (Å²) in [4.78, 5) is 37.0.